The summed E-state index contributed by atoms with van der Waals surface area (Å²) in [5.74, 6) is 1.98. The Morgan fingerprint density at radius 1 is 0.958 bits per heavy atom. The van der Waals surface area contributed by atoms with Crippen molar-refractivity contribution in [1.29, 1.82) is 0 Å². The average molecular weight is 334 g/mol. The highest BCUT2D eigenvalue weighted by Gasteiger charge is 2.37. The summed E-state index contributed by atoms with van der Waals surface area (Å²) in [5, 5.41) is 0. The van der Waals surface area contributed by atoms with Crippen LogP contribution in [0.1, 0.15) is 71.0 Å². The maximum absolute atomic E-state index is 6.34. The van der Waals surface area contributed by atoms with Crippen LogP contribution in [-0.2, 0) is 9.47 Å². The van der Waals surface area contributed by atoms with Gasteiger partial charge in [0.05, 0.1) is 12.2 Å². The monoisotopic (exact) mass is 334 g/mol. The Morgan fingerprint density at radius 2 is 1.71 bits per heavy atom. The predicted molar refractivity (Wildman–Crippen MR) is 93.3 cm³/mol. The fourth-order valence-corrected chi connectivity index (χ4v) is 3.55. The van der Waals surface area contributed by atoms with Crippen molar-refractivity contribution >= 4 is 0 Å². The van der Waals surface area contributed by atoms with Crippen molar-refractivity contribution in [3.05, 3.63) is 23.8 Å². The van der Waals surface area contributed by atoms with Gasteiger partial charge in [0.25, 0.3) is 0 Å². The molecule has 0 bridgehead atoms. The molecule has 1 aromatic rings. The molecule has 3 rings (SSSR count). The van der Waals surface area contributed by atoms with Crippen LogP contribution >= 0.6 is 0 Å². The van der Waals surface area contributed by atoms with E-state index in [1.807, 2.05) is 6.07 Å². The minimum absolute atomic E-state index is 0.0527. The molecule has 4 atom stereocenters. The molecule has 0 aromatic heterocycles. The van der Waals surface area contributed by atoms with Crippen LogP contribution in [0.15, 0.2) is 18.2 Å². The van der Waals surface area contributed by atoms with Crippen LogP contribution in [0.4, 0.5) is 0 Å². The summed E-state index contributed by atoms with van der Waals surface area (Å²) in [5.41, 5.74) is 1.16. The Bertz CT molecular complexity index is 530. The van der Waals surface area contributed by atoms with Gasteiger partial charge < -0.3 is 18.9 Å². The van der Waals surface area contributed by atoms with Gasteiger partial charge in [-0.15, -0.1) is 0 Å². The first-order chi connectivity index (χ1) is 11.7. The van der Waals surface area contributed by atoms with E-state index in [2.05, 4.69) is 32.9 Å². The molecule has 0 N–H and O–H groups in total. The first-order valence-electron chi connectivity index (χ1n) is 9.43. The third kappa shape index (κ3) is 3.86. The van der Waals surface area contributed by atoms with Crippen LogP contribution in [0, 0.1) is 5.92 Å². The molecule has 134 valence electrons. The predicted octanol–water partition coefficient (Wildman–Crippen LogP) is 5.21. The van der Waals surface area contributed by atoms with Gasteiger partial charge in [-0.05, 0) is 37.0 Å². The van der Waals surface area contributed by atoms with E-state index in [-0.39, 0.29) is 18.5 Å². The first kappa shape index (κ1) is 17.6. The number of rotatable bonds is 7. The Morgan fingerprint density at radius 3 is 2.50 bits per heavy atom. The summed E-state index contributed by atoms with van der Waals surface area (Å²) in [6.45, 7) is 6.98. The lowest BCUT2D eigenvalue weighted by Crippen LogP contribution is -2.40. The minimum Gasteiger partial charge on any atom is -0.454 e. The number of hydrogen-bond acceptors (Lipinski definition) is 4. The number of hydrogen-bond donors (Lipinski definition) is 0. The zero-order chi connectivity index (χ0) is 16.9. The molecule has 1 fully saturated rings. The Hall–Kier alpha value is -1.26. The number of fused-ring (bicyclic) bond motifs is 1. The van der Waals surface area contributed by atoms with Gasteiger partial charge in [0, 0.05) is 5.92 Å². The van der Waals surface area contributed by atoms with E-state index < -0.39 is 0 Å². The van der Waals surface area contributed by atoms with Crippen LogP contribution in [0.5, 0.6) is 11.5 Å². The largest absolute Gasteiger partial charge is 0.454 e. The molecule has 24 heavy (non-hydrogen) atoms. The molecule has 0 radical (unpaired) electrons. The van der Waals surface area contributed by atoms with Crippen molar-refractivity contribution in [1.82, 2.24) is 0 Å². The molecule has 2 aliphatic rings. The minimum atomic E-state index is -0.0987. The van der Waals surface area contributed by atoms with E-state index in [9.17, 15) is 0 Å². The molecule has 0 aliphatic carbocycles. The van der Waals surface area contributed by atoms with E-state index in [1.54, 1.807) is 0 Å². The van der Waals surface area contributed by atoms with Gasteiger partial charge in [-0.25, -0.2) is 0 Å². The zero-order valence-corrected chi connectivity index (χ0v) is 15.1. The Kier molecular flexibility index (Phi) is 6.01. The van der Waals surface area contributed by atoms with Crippen LogP contribution in [0.25, 0.3) is 0 Å². The Labute approximate surface area is 145 Å². The molecule has 2 aliphatic heterocycles. The third-order valence-electron chi connectivity index (χ3n) is 5.05. The molecule has 0 amide bonds. The first-order valence-corrected chi connectivity index (χ1v) is 9.43. The van der Waals surface area contributed by atoms with E-state index in [4.69, 9.17) is 18.9 Å². The second-order valence-electron chi connectivity index (χ2n) is 6.92. The molecule has 1 aromatic carbocycles. The van der Waals surface area contributed by atoms with Crippen molar-refractivity contribution in [2.24, 2.45) is 5.92 Å². The maximum atomic E-state index is 6.34. The molecular formula is C20H30O4. The number of ether oxygens (including phenoxy) is 4. The fourth-order valence-electron chi connectivity index (χ4n) is 3.55. The standard InChI is InChI=1S/C20H30O4/c1-4-6-8-16-14(3)20(24-19(23-16)9-7-5-2)15-10-11-17-18(12-15)22-13-21-17/h10-12,14,16,19-20H,4-9,13H2,1-3H3/t14-,16-,19-,20-/m1/s1. The van der Waals surface area contributed by atoms with Crippen LogP contribution in [-0.4, -0.2) is 19.2 Å². The average Bonchev–Trinajstić information content (AvgIpc) is 3.07. The van der Waals surface area contributed by atoms with Crippen molar-refractivity contribution in [3.63, 3.8) is 0 Å². The summed E-state index contributed by atoms with van der Waals surface area (Å²) in [4.78, 5) is 0. The van der Waals surface area contributed by atoms with Crippen LogP contribution < -0.4 is 9.47 Å². The van der Waals surface area contributed by atoms with Gasteiger partial charge in [-0.1, -0.05) is 46.1 Å². The van der Waals surface area contributed by atoms with Gasteiger partial charge in [-0.3, -0.25) is 0 Å². The molecule has 1 saturated heterocycles. The highest BCUT2D eigenvalue weighted by Crippen LogP contribution is 2.42. The lowest BCUT2D eigenvalue weighted by Gasteiger charge is -2.41. The maximum Gasteiger partial charge on any atom is 0.231 e. The summed E-state index contributed by atoms with van der Waals surface area (Å²) >= 11 is 0. The van der Waals surface area contributed by atoms with Crippen molar-refractivity contribution in [2.45, 2.75) is 77.8 Å². The molecule has 0 spiro atoms. The van der Waals surface area contributed by atoms with E-state index >= 15 is 0 Å². The quantitative estimate of drug-likeness (QED) is 0.685. The van der Waals surface area contributed by atoms with Gasteiger partial charge in [-0.2, -0.15) is 0 Å². The highest BCUT2D eigenvalue weighted by atomic mass is 16.7. The van der Waals surface area contributed by atoms with Gasteiger partial charge in [0.1, 0.15) is 0 Å². The van der Waals surface area contributed by atoms with Crippen LogP contribution in [0.3, 0.4) is 0 Å². The van der Waals surface area contributed by atoms with Gasteiger partial charge in [0.15, 0.2) is 17.8 Å². The fraction of sp³-hybridized carbons (Fsp3) is 0.700. The normalized spacial score (nSPS) is 29.0. The lowest BCUT2D eigenvalue weighted by molar-refractivity contribution is -0.272. The lowest BCUT2D eigenvalue weighted by atomic mass is 9.88. The Balaban J connectivity index is 1.77. The molecule has 4 nitrogen and oxygen atoms in total. The van der Waals surface area contributed by atoms with Crippen LogP contribution in [0.2, 0.25) is 0 Å². The van der Waals surface area contributed by atoms with Gasteiger partial charge in [0.2, 0.25) is 6.79 Å². The zero-order valence-electron chi connectivity index (χ0n) is 15.1. The molecule has 4 heteroatoms. The SMILES string of the molecule is CCCC[C@@H]1O[C@H](CCCC)[C@@H](C)[C@H](c2ccc3c(c2)OCO3)O1. The second kappa shape index (κ2) is 8.21. The summed E-state index contributed by atoms with van der Waals surface area (Å²) in [7, 11) is 0. The van der Waals surface area contributed by atoms with Gasteiger partial charge >= 0.3 is 0 Å². The molecule has 0 saturated carbocycles. The smallest absolute Gasteiger partial charge is 0.231 e. The highest BCUT2D eigenvalue weighted by molar-refractivity contribution is 5.45. The third-order valence-corrected chi connectivity index (χ3v) is 5.05. The summed E-state index contributed by atoms with van der Waals surface area (Å²) in [6.07, 6.45) is 6.97. The van der Waals surface area contributed by atoms with Crippen molar-refractivity contribution < 1.29 is 18.9 Å². The van der Waals surface area contributed by atoms with E-state index in [0.29, 0.717) is 12.7 Å². The van der Waals surface area contributed by atoms with Crippen molar-refractivity contribution in [2.75, 3.05) is 6.79 Å². The van der Waals surface area contributed by atoms with E-state index in [0.717, 1.165) is 42.7 Å². The number of benzene rings is 1. The summed E-state index contributed by atoms with van der Waals surface area (Å²) < 4.78 is 23.6. The molecule has 0 unspecified atom stereocenters. The summed E-state index contributed by atoms with van der Waals surface area (Å²) in [6, 6.07) is 6.17. The topological polar surface area (TPSA) is 36.9 Å². The van der Waals surface area contributed by atoms with Crippen molar-refractivity contribution in [3.8, 4) is 11.5 Å². The van der Waals surface area contributed by atoms with E-state index in [1.165, 1.54) is 12.8 Å². The number of unbranched alkanes of at least 4 members (excludes halogenated alkanes) is 2. The molecular weight excluding hydrogens is 304 g/mol. The second-order valence-corrected chi connectivity index (χ2v) is 6.92. The molecule has 2 heterocycles.